The van der Waals surface area contributed by atoms with Crippen LogP contribution in [0.1, 0.15) is 10.4 Å². The first kappa shape index (κ1) is 12.8. The maximum atomic E-state index is 11.6. The molecule has 0 atom stereocenters. The lowest BCUT2D eigenvalue weighted by molar-refractivity contribution is 0.0567. The minimum absolute atomic E-state index is 0.105. The Morgan fingerprint density at radius 2 is 2.00 bits per heavy atom. The third kappa shape index (κ3) is 4.23. The second kappa shape index (κ2) is 6.90. The molecule has 0 spiro atoms. The highest BCUT2D eigenvalue weighted by Gasteiger charge is 2.03. The molecule has 0 unspecified atom stereocenters. The highest BCUT2D eigenvalue weighted by atomic mass is 16.5. The normalized spacial score (nSPS) is 10.3. The summed E-state index contributed by atoms with van der Waals surface area (Å²) in [6.45, 7) is 0.105. The lowest BCUT2D eigenvalue weighted by Gasteiger charge is -2.01. The maximum absolute atomic E-state index is 11.6. The lowest BCUT2D eigenvalue weighted by atomic mass is 10.2. The summed E-state index contributed by atoms with van der Waals surface area (Å²) >= 11 is 0. The first-order valence-corrected chi connectivity index (χ1v) is 5.77. The Labute approximate surface area is 110 Å². The zero-order chi connectivity index (χ0) is 13.3. The number of nitrogens with one attached hydrogen (secondary N) is 1. The predicted octanol–water partition coefficient (Wildman–Crippen LogP) is 2.34. The van der Waals surface area contributed by atoms with Crippen molar-refractivity contribution in [1.29, 1.82) is 0 Å². The van der Waals surface area contributed by atoms with Crippen molar-refractivity contribution in [2.45, 2.75) is 0 Å². The fraction of sp³-hybridized carbons (Fsp3) is 0.0714. The van der Waals surface area contributed by atoms with Crippen molar-refractivity contribution >= 4 is 18.0 Å². The standard InChI is InChI=1S/C14H13N3O2/c18-14(12-6-2-1-3-7-12)19-11-10-16-17-13-8-4-5-9-15-13/h1-10H,11H2,(H,15,17). The fourth-order valence-corrected chi connectivity index (χ4v) is 1.35. The minimum Gasteiger partial charge on any atom is -0.456 e. The molecule has 96 valence electrons. The number of anilines is 1. The first-order valence-electron chi connectivity index (χ1n) is 5.77. The van der Waals surface area contributed by atoms with Gasteiger partial charge in [0.1, 0.15) is 12.4 Å². The molecule has 1 aromatic carbocycles. The van der Waals surface area contributed by atoms with Crippen molar-refractivity contribution in [2.75, 3.05) is 12.0 Å². The molecule has 5 heteroatoms. The van der Waals surface area contributed by atoms with Crippen LogP contribution in [0.15, 0.2) is 59.8 Å². The summed E-state index contributed by atoms with van der Waals surface area (Å²) in [5.74, 6) is 0.262. The van der Waals surface area contributed by atoms with Crippen LogP contribution in [0.3, 0.4) is 0 Å². The van der Waals surface area contributed by atoms with Crippen LogP contribution in [0.4, 0.5) is 5.82 Å². The number of aromatic nitrogens is 1. The van der Waals surface area contributed by atoms with Crippen molar-refractivity contribution in [2.24, 2.45) is 5.10 Å². The van der Waals surface area contributed by atoms with Crippen LogP contribution in [0.5, 0.6) is 0 Å². The van der Waals surface area contributed by atoms with E-state index in [2.05, 4.69) is 15.5 Å². The van der Waals surface area contributed by atoms with E-state index in [-0.39, 0.29) is 12.6 Å². The molecule has 0 aliphatic heterocycles. The summed E-state index contributed by atoms with van der Waals surface area (Å²) in [6.07, 6.45) is 3.13. The Morgan fingerprint density at radius 1 is 1.21 bits per heavy atom. The summed E-state index contributed by atoms with van der Waals surface area (Å²) in [5, 5.41) is 3.89. The monoisotopic (exact) mass is 255 g/mol. The molecule has 1 aromatic heterocycles. The summed E-state index contributed by atoms with van der Waals surface area (Å²) in [6, 6.07) is 14.3. The number of benzene rings is 1. The Balaban J connectivity index is 1.73. The first-order chi connectivity index (χ1) is 9.36. The SMILES string of the molecule is O=C(OCC=NNc1ccccn1)c1ccccc1. The number of pyridine rings is 1. The zero-order valence-corrected chi connectivity index (χ0v) is 10.2. The van der Waals surface area contributed by atoms with Gasteiger partial charge in [0.2, 0.25) is 0 Å². The quantitative estimate of drug-likeness (QED) is 0.506. The Bertz CT molecular complexity index is 541. The van der Waals surface area contributed by atoms with Gasteiger partial charge in [0.05, 0.1) is 11.8 Å². The molecule has 0 aliphatic carbocycles. The highest BCUT2D eigenvalue weighted by molar-refractivity contribution is 5.90. The lowest BCUT2D eigenvalue weighted by Crippen LogP contribution is -2.07. The molecule has 2 rings (SSSR count). The van der Waals surface area contributed by atoms with E-state index in [1.165, 1.54) is 6.21 Å². The number of carbonyl (C=O) groups excluding carboxylic acids is 1. The Hall–Kier alpha value is -2.69. The third-order valence-corrected chi connectivity index (χ3v) is 2.23. The molecule has 19 heavy (non-hydrogen) atoms. The number of hydrogen-bond donors (Lipinski definition) is 1. The predicted molar refractivity (Wildman–Crippen MR) is 73.1 cm³/mol. The molecule has 0 amide bonds. The van der Waals surface area contributed by atoms with Crippen LogP contribution in [-0.2, 0) is 4.74 Å². The number of ether oxygens (including phenoxy) is 1. The Kier molecular flexibility index (Phi) is 4.64. The molecule has 5 nitrogen and oxygen atoms in total. The maximum Gasteiger partial charge on any atom is 0.338 e. The van der Waals surface area contributed by atoms with E-state index in [1.807, 2.05) is 18.2 Å². The van der Waals surface area contributed by atoms with Gasteiger partial charge in [-0.15, -0.1) is 0 Å². The van der Waals surface area contributed by atoms with Crippen LogP contribution in [-0.4, -0.2) is 23.8 Å². The number of esters is 1. The van der Waals surface area contributed by atoms with Crippen LogP contribution in [0.2, 0.25) is 0 Å². The van der Waals surface area contributed by atoms with E-state index < -0.39 is 0 Å². The number of nitrogens with zero attached hydrogens (tertiary/aromatic N) is 2. The van der Waals surface area contributed by atoms with Gasteiger partial charge in [-0.3, -0.25) is 5.43 Å². The van der Waals surface area contributed by atoms with Crippen LogP contribution < -0.4 is 5.43 Å². The van der Waals surface area contributed by atoms with Crippen molar-refractivity contribution in [3.63, 3.8) is 0 Å². The van der Waals surface area contributed by atoms with E-state index in [0.717, 1.165) is 0 Å². The van der Waals surface area contributed by atoms with Crippen LogP contribution >= 0.6 is 0 Å². The van der Waals surface area contributed by atoms with Gasteiger partial charge < -0.3 is 4.74 Å². The summed E-state index contributed by atoms with van der Waals surface area (Å²) in [7, 11) is 0. The number of hydrazone groups is 1. The highest BCUT2D eigenvalue weighted by Crippen LogP contribution is 2.00. The van der Waals surface area contributed by atoms with Gasteiger partial charge in [-0.05, 0) is 24.3 Å². The second-order valence-corrected chi connectivity index (χ2v) is 3.60. The van der Waals surface area contributed by atoms with E-state index in [9.17, 15) is 4.79 Å². The van der Waals surface area contributed by atoms with E-state index >= 15 is 0 Å². The molecule has 0 saturated carbocycles. The average molecular weight is 255 g/mol. The van der Waals surface area contributed by atoms with Crippen molar-refractivity contribution < 1.29 is 9.53 Å². The van der Waals surface area contributed by atoms with Gasteiger partial charge in [0, 0.05) is 6.20 Å². The average Bonchev–Trinajstić information content (AvgIpc) is 2.49. The number of carbonyl (C=O) groups is 1. The largest absolute Gasteiger partial charge is 0.456 e. The van der Waals surface area contributed by atoms with Crippen molar-refractivity contribution in [3.8, 4) is 0 Å². The van der Waals surface area contributed by atoms with E-state index in [4.69, 9.17) is 4.74 Å². The molecule has 2 aromatic rings. The second-order valence-electron chi connectivity index (χ2n) is 3.60. The van der Waals surface area contributed by atoms with Gasteiger partial charge in [-0.2, -0.15) is 5.10 Å². The van der Waals surface area contributed by atoms with Crippen molar-refractivity contribution in [3.05, 3.63) is 60.3 Å². The van der Waals surface area contributed by atoms with Gasteiger partial charge in [-0.1, -0.05) is 24.3 Å². The smallest absolute Gasteiger partial charge is 0.338 e. The van der Waals surface area contributed by atoms with Gasteiger partial charge in [0.15, 0.2) is 0 Å². The molecular formula is C14H13N3O2. The topological polar surface area (TPSA) is 63.6 Å². The molecule has 1 N–H and O–H groups in total. The zero-order valence-electron chi connectivity index (χ0n) is 10.2. The van der Waals surface area contributed by atoms with Gasteiger partial charge in [-0.25, -0.2) is 9.78 Å². The number of rotatable bonds is 5. The summed E-state index contributed by atoms with van der Waals surface area (Å²) < 4.78 is 5.02. The third-order valence-electron chi connectivity index (χ3n) is 2.23. The van der Waals surface area contributed by atoms with Crippen LogP contribution in [0.25, 0.3) is 0 Å². The molecule has 0 aliphatic rings. The number of hydrogen-bond acceptors (Lipinski definition) is 5. The summed E-state index contributed by atoms with van der Waals surface area (Å²) in [4.78, 5) is 15.6. The summed E-state index contributed by atoms with van der Waals surface area (Å²) in [5.41, 5.74) is 3.25. The van der Waals surface area contributed by atoms with E-state index in [1.54, 1.807) is 36.5 Å². The molecular weight excluding hydrogens is 242 g/mol. The molecule has 0 fully saturated rings. The van der Waals surface area contributed by atoms with E-state index in [0.29, 0.717) is 11.4 Å². The minimum atomic E-state index is -0.370. The van der Waals surface area contributed by atoms with Crippen molar-refractivity contribution in [1.82, 2.24) is 4.98 Å². The Morgan fingerprint density at radius 3 is 2.74 bits per heavy atom. The molecule has 0 bridgehead atoms. The fourth-order valence-electron chi connectivity index (χ4n) is 1.35. The molecule has 0 saturated heterocycles. The van der Waals surface area contributed by atoms with Gasteiger partial charge >= 0.3 is 5.97 Å². The molecule has 0 radical (unpaired) electrons. The van der Waals surface area contributed by atoms with Gasteiger partial charge in [0.25, 0.3) is 0 Å². The molecule has 1 heterocycles. The van der Waals surface area contributed by atoms with Crippen LogP contribution in [0, 0.1) is 0 Å².